The zero-order valence-corrected chi connectivity index (χ0v) is 11.7. The highest BCUT2D eigenvalue weighted by atomic mass is 16.5. The first-order valence-electron chi connectivity index (χ1n) is 6.42. The number of nitrogens with one attached hydrogen (secondary N) is 1. The number of ether oxygens (including phenoxy) is 1. The molecule has 2 heterocycles. The van der Waals surface area contributed by atoms with Crippen LogP contribution in [-0.4, -0.2) is 28.3 Å². The van der Waals surface area contributed by atoms with Crippen molar-refractivity contribution in [3.8, 4) is 0 Å². The highest BCUT2D eigenvalue weighted by Crippen LogP contribution is 2.18. The summed E-state index contributed by atoms with van der Waals surface area (Å²) < 4.78 is 7.15. The number of imidazole rings is 1. The summed E-state index contributed by atoms with van der Waals surface area (Å²) in [5, 5.41) is 3.32. The third-order valence-electron chi connectivity index (χ3n) is 2.93. The Morgan fingerprint density at radius 1 is 1.32 bits per heavy atom. The lowest BCUT2D eigenvalue weighted by Crippen LogP contribution is -2.06. The molecule has 0 aliphatic rings. The topological polar surface area (TPSA) is 52.0 Å². The number of anilines is 2. The van der Waals surface area contributed by atoms with Crippen LogP contribution in [0.1, 0.15) is 17.8 Å². The number of rotatable bonds is 6. The first-order valence-corrected chi connectivity index (χ1v) is 6.42. The van der Waals surface area contributed by atoms with Crippen LogP contribution in [-0.2, 0) is 11.3 Å². The molecule has 0 fully saturated rings. The summed E-state index contributed by atoms with van der Waals surface area (Å²) in [5.41, 5.74) is 2.99. The predicted octanol–water partition coefficient (Wildman–Crippen LogP) is 2.68. The van der Waals surface area contributed by atoms with Crippen molar-refractivity contribution in [1.82, 2.24) is 14.5 Å². The van der Waals surface area contributed by atoms with Crippen LogP contribution >= 0.6 is 0 Å². The third-order valence-corrected chi connectivity index (χ3v) is 2.93. The van der Waals surface area contributed by atoms with Gasteiger partial charge in [-0.05, 0) is 32.4 Å². The van der Waals surface area contributed by atoms with Crippen LogP contribution in [0.4, 0.5) is 11.6 Å². The fourth-order valence-electron chi connectivity index (χ4n) is 1.93. The molecule has 0 amide bonds. The minimum atomic E-state index is 0.753. The van der Waals surface area contributed by atoms with Gasteiger partial charge in [0.15, 0.2) is 0 Å². The zero-order valence-electron chi connectivity index (χ0n) is 11.7. The number of pyridine rings is 1. The molecule has 0 aliphatic heterocycles. The Morgan fingerprint density at radius 3 is 2.89 bits per heavy atom. The minimum Gasteiger partial charge on any atom is -0.385 e. The van der Waals surface area contributed by atoms with Crippen molar-refractivity contribution in [3.63, 3.8) is 0 Å². The maximum atomic E-state index is 5.07. The molecule has 0 unspecified atom stereocenters. The van der Waals surface area contributed by atoms with Gasteiger partial charge in [-0.1, -0.05) is 0 Å². The molecule has 0 aromatic carbocycles. The SMILES string of the molecule is COCCCn1ccnc1Nc1ccc(C)nc1C. The highest BCUT2D eigenvalue weighted by Gasteiger charge is 2.05. The molecule has 102 valence electrons. The third kappa shape index (κ3) is 3.54. The van der Waals surface area contributed by atoms with Gasteiger partial charge in [0, 0.05) is 38.3 Å². The molecule has 1 N–H and O–H groups in total. The molecule has 5 nitrogen and oxygen atoms in total. The quantitative estimate of drug-likeness (QED) is 0.811. The van der Waals surface area contributed by atoms with E-state index in [1.807, 2.05) is 32.2 Å². The summed E-state index contributed by atoms with van der Waals surface area (Å²) in [7, 11) is 1.72. The molecule has 0 saturated carbocycles. The van der Waals surface area contributed by atoms with Gasteiger partial charge in [0.1, 0.15) is 0 Å². The zero-order chi connectivity index (χ0) is 13.7. The van der Waals surface area contributed by atoms with E-state index in [1.54, 1.807) is 13.3 Å². The van der Waals surface area contributed by atoms with Crippen molar-refractivity contribution in [1.29, 1.82) is 0 Å². The summed E-state index contributed by atoms with van der Waals surface area (Å²) in [6.07, 6.45) is 4.73. The predicted molar refractivity (Wildman–Crippen MR) is 75.7 cm³/mol. The first-order chi connectivity index (χ1) is 9.20. The van der Waals surface area contributed by atoms with Crippen LogP contribution in [0.5, 0.6) is 0 Å². The largest absolute Gasteiger partial charge is 0.385 e. The molecule has 0 bridgehead atoms. The van der Waals surface area contributed by atoms with Gasteiger partial charge in [0.05, 0.1) is 11.4 Å². The number of aryl methyl sites for hydroxylation is 3. The van der Waals surface area contributed by atoms with Crippen LogP contribution in [0.25, 0.3) is 0 Å². The molecule has 2 rings (SSSR count). The molecular formula is C14H20N4O. The van der Waals surface area contributed by atoms with Gasteiger partial charge in [0.2, 0.25) is 5.95 Å². The van der Waals surface area contributed by atoms with Crippen molar-refractivity contribution in [2.24, 2.45) is 0 Å². The summed E-state index contributed by atoms with van der Waals surface area (Å²) in [6.45, 7) is 5.62. The molecule has 2 aromatic heterocycles. The van der Waals surface area contributed by atoms with E-state index in [0.717, 1.165) is 42.6 Å². The summed E-state index contributed by atoms with van der Waals surface area (Å²) >= 11 is 0. The van der Waals surface area contributed by atoms with Crippen molar-refractivity contribution in [3.05, 3.63) is 35.9 Å². The number of nitrogens with zero attached hydrogens (tertiary/aromatic N) is 3. The fraction of sp³-hybridized carbons (Fsp3) is 0.429. The standard InChI is InChI=1S/C14H20N4O/c1-11-5-6-13(12(2)16-11)17-14-15-7-9-18(14)8-4-10-19-3/h5-7,9H,4,8,10H2,1-3H3,(H,15,17). The van der Waals surface area contributed by atoms with Crippen LogP contribution in [0, 0.1) is 13.8 Å². The van der Waals surface area contributed by atoms with Gasteiger partial charge < -0.3 is 14.6 Å². The lowest BCUT2D eigenvalue weighted by molar-refractivity contribution is 0.190. The van der Waals surface area contributed by atoms with Gasteiger partial charge in [-0.3, -0.25) is 4.98 Å². The number of hydrogen-bond acceptors (Lipinski definition) is 4. The molecule has 0 radical (unpaired) electrons. The molecule has 0 atom stereocenters. The van der Waals surface area contributed by atoms with Crippen LogP contribution in [0.3, 0.4) is 0 Å². The van der Waals surface area contributed by atoms with Crippen LogP contribution < -0.4 is 5.32 Å². The number of hydrogen-bond donors (Lipinski definition) is 1. The Morgan fingerprint density at radius 2 is 2.16 bits per heavy atom. The van der Waals surface area contributed by atoms with E-state index in [-0.39, 0.29) is 0 Å². The van der Waals surface area contributed by atoms with E-state index in [1.165, 1.54) is 0 Å². The second kappa shape index (κ2) is 6.33. The Hall–Kier alpha value is -1.88. The van der Waals surface area contributed by atoms with Gasteiger partial charge in [-0.25, -0.2) is 4.98 Å². The van der Waals surface area contributed by atoms with Crippen molar-refractivity contribution >= 4 is 11.6 Å². The maximum Gasteiger partial charge on any atom is 0.207 e. The van der Waals surface area contributed by atoms with Gasteiger partial charge in [-0.15, -0.1) is 0 Å². The summed E-state index contributed by atoms with van der Waals surface area (Å²) in [6, 6.07) is 4.03. The monoisotopic (exact) mass is 260 g/mol. The van der Waals surface area contributed by atoms with E-state index >= 15 is 0 Å². The Bertz CT molecular complexity index is 536. The Balaban J connectivity index is 2.08. The average Bonchev–Trinajstić information content (AvgIpc) is 2.81. The lowest BCUT2D eigenvalue weighted by atomic mass is 10.3. The van der Waals surface area contributed by atoms with Crippen molar-refractivity contribution in [2.75, 3.05) is 19.0 Å². The second-order valence-corrected chi connectivity index (χ2v) is 4.50. The Labute approximate surface area is 113 Å². The smallest absolute Gasteiger partial charge is 0.207 e. The van der Waals surface area contributed by atoms with Gasteiger partial charge >= 0.3 is 0 Å². The number of methoxy groups -OCH3 is 1. The van der Waals surface area contributed by atoms with E-state index in [9.17, 15) is 0 Å². The molecule has 0 saturated heterocycles. The normalized spacial score (nSPS) is 10.7. The van der Waals surface area contributed by atoms with Crippen molar-refractivity contribution in [2.45, 2.75) is 26.8 Å². The molecule has 0 spiro atoms. The number of aromatic nitrogens is 3. The molecule has 19 heavy (non-hydrogen) atoms. The van der Waals surface area contributed by atoms with Crippen molar-refractivity contribution < 1.29 is 4.74 Å². The molecule has 0 aliphatic carbocycles. The molecular weight excluding hydrogens is 240 g/mol. The highest BCUT2D eigenvalue weighted by molar-refractivity contribution is 5.56. The molecule has 2 aromatic rings. The average molecular weight is 260 g/mol. The lowest BCUT2D eigenvalue weighted by Gasteiger charge is -2.11. The van der Waals surface area contributed by atoms with E-state index in [0.29, 0.717) is 0 Å². The molecule has 5 heteroatoms. The summed E-state index contributed by atoms with van der Waals surface area (Å²) in [4.78, 5) is 8.78. The fourth-order valence-corrected chi connectivity index (χ4v) is 1.93. The summed E-state index contributed by atoms with van der Waals surface area (Å²) in [5.74, 6) is 0.838. The van der Waals surface area contributed by atoms with Crippen LogP contribution in [0.2, 0.25) is 0 Å². The van der Waals surface area contributed by atoms with Gasteiger partial charge in [0.25, 0.3) is 0 Å². The van der Waals surface area contributed by atoms with Crippen LogP contribution in [0.15, 0.2) is 24.5 Å². The minimum absolute atomic E-state index is 0.753. The maximum absolute atomic E-state index is 5.07. The van der Waals surface area contributed by atoms with E-state index in [4.69, 9.17) is 4.74 Å². The second-order valence-electron chi connectivity index (χ2n) is 4.50. The Kier molecular flexibility index (Phi) is 4.52. The first kappa shape index (κ1) is 13.5. The van der Waals surface area contributed by atoms with Gasteiger partial charge in [-0.2, -0.15) is 0 Å². The van der Waals surface area contributed by atoms with E-state index in [2.05, 4.69) is 19.9 Å². The van der Waals surface area contributed by atoms with E-state index < -0.39 is 0 Å².